The van der Waals surface area contributed by atoms with Crippen LogP contribution in [0.15, 0.2) is 59.5 Å². The molecule has 0 fully saturated rings. The first-order valence-corrected chi connectivity index (χ1v) is 6.74. The second-order valence-corrected chi connectivity index (χ2v) is 5.15. The average Bonchev–Trinajstić information content (AvgIpc) is 2.37. The third kappa shape index (κ3) is 4.97. The molecule has 1 N–H and O–H groups in total. The van der Waals surface area contributed by atoms with Crippen LogP contribution in [0.2, 0.25) is 0 Å². The molecule has 2 aromatic rings. The van der Waals surface area contributed by atoms with Gasteiger partial charge in [0.05, 0.1) is 4.90 Å². The van der Waals surface area contributed by atoms with Crippen molar-refractivity contribution in [3.8, 4) is 5.75 Å². The van der Waals surface area contributed by atoms with E-state index in [0.29, 0.717) is 12.4 Å². The van der Waals surface area contributed by atoms with Crippen LogP contribution < -0.4 is 4.74 Å². The molecular weight excluding hydrogens is 275 g/mol. The Labute approximate surface area is 134 Å². The van der Waals surface area contributed by atoms with Gasteiger partial charge in [0.1, 0.15) is 12.4 Å². The Bertz CT molecular complexity index is 626. The zero-order valence-corrected chi connectivity index (χ0v) is 10.3. The van der Waals surface area contributed by atoms with E-state index in [1.807, 2.05) is 30.3 Å². The Balaban J connectivity index is 0.00000180. The predicted molar refractivity (Wildman–Crippen MR) is 74.2 cm³/mol. The molecule has 0 aliphatic rings. The van der Waals surface area contributed by atoms with Crippen molar-refractivity contribution in [2.75, 3.05) is 0 Å². The molecule has 0 aliphatic carbocycles. The van der Waals surface area contributed by atoms with Crippen molar-refractivity contribution in [2.24, 2.45) is 0 Å². The summed E-state index contributed by atoms with van der Waals surface area (Å²) < 4.78 is 36.3. The molecule has 0 aliphatic heterocycles. The van der Waals surface area contributed by atoms with Gasteiger partial charge in [-0.25, -0.2) is 0 Å². The van der Waals surface area contributed by atoms with Gasteiger partial charge >= 0.3 is 29.6 Å². The molecule has 0 heterocycles. The summed E-state index contributed by atoms with van der Waals surface area (Å²) in [6.45, 7) is 0.343. The molecule has 0 aromatic heterocycles. The topological polar surface area (TPSA) is 63.6 Å². The Morgan fingerprint density at radius 1 is 1.00 bits per heavy atom. The monoisotopic (exact) mass is 288 g/mol. The second-order valence-electron chi connectivity index (χ2n) is 3.72. The van der Waals surface area contributed by atoms with E-state index >= 15 is 0 Å². The maximum absolute atomic E-state index is 11.0. The fourth-order valence-electron chi connectivity index (χ4n) is 1.47. The Morgan fingerprint density at radius 3 is 2.32 bits per heavy atom. The van der Waals surface area contributed by atoms with Crippen molar-refractivity contribution < 1.29 is 17.7 Å². The van der Waals surface area contributed by atoms with E-state index in [-0.39, 0.29) is 34.5 Å². The third-order valence-electron chi connectivity index (χ3n) is 2.35. The zero-order chi connectivity index (χ0) is 13.0. The Kier molecular flexibility index (Phi) is 6.03. The number of hydrogen-bond acceptors (Lipinski definition) is 3. The number of ether oxygens (including phenoxy) is 1. The quantitative estimate of drug-likeness (QED) is 0.689. The third-order valence-corrected chi connectivity index (χ3v) is 3.20. The van der Waals surface area contributed by atoms with E-state index in [2.05, 4.69) is 0 Å². The van der Waals surface area contributed by atoms with E-state index in [4.69, 9.17) is 9.29 Å². The molecule has 0 unspecified atom stereocenters. The minimum absolute atomic E-state index is 0. The van der Waals surface area contributed by atoms with Crippen LogP contribution in [0.1, 0.15) is 5.56 Å². The van der Waals surface area contributed by atoms with Crippen molar-refractivity contribution in [1.82, 2.24) is 0 Å². The van der Waals surface area contributed by atoms with Gasteiger partial charge in [0.25, 0.3) is 10.1 Å². The molecule has 0 saturated heterocycles. The normalized spacial score (nSPS) is 10.6. The number of benzene rings is 2. The molecule has 0 bridgehead atoms. The fraction of sp³-hybridized carbons (Fsp3) is 0.0769. The van der Waals surface area contributed by atoms with Gasteiger partial charge in [-0.15, -0.1) is 0 Å². The van der Waals surface area contributed by atoms with E-state index in [1.54, 1.807) is 6.07 Å². The van der Waals surface area contributed by atoms with Gasteiger partial charge in [-0.2, -0.15) is 8.42 Å². The molecule has 6 heteroatoms. The molecule has 0 amide bonds. The fourth-order valence-corrected chi connectivity index (χ4v) is 1.98. The van der Waals surface area contributed by atoms with Crippen LogP contribution in [0, 0.1) is 0 Å². The van der Waals surface area contributed by atoms with Crippen LogP contribution >= 0.6 is 0 Å². The summed E-state index contributed by atoms with van der Waals surface area (Å²) in [4.78, 5) is -0.173. The van der Waals surface area contributed by atoms with Crippen LogP contribution in [0.4, 0.5) is 0 Å². The van der Waals surface area contributed by atoms with Gasteiger partial charge in [-0.1, -0.05) is 36.4 Å². The summed E-state index contributed by atoms with van der Waals surface area (Å²) in [6.07, 6.45) is 0. The van der Waals surface area contributed by atoms with Crippen molar-refractivity contribution >= 4 is 39.7 Å². The van der Waals surface area contributed by atoms with E-state index < -0.39 is 10.1 Å². The SMILES string of the molecule is O=S(=O)(O)c1cccc(OCc2ccccc2)c1.[NaH]. The van der Waals surface area contributed by atoms with Crippen molar-refractivity contribution in [1.29, 1.82) is 0 Å². The van der Waals surface area contributed by atoms with Crippen molar-refractivity contribution in [3.63, 3.8) is 0 Å². The molecule has 2 rings (SSSR count). The molecule has 19 heavy (non-hydrogen) atoms. The van der Waals surface area contributed by atoms with Crippen LogP contribution in [0.3, 0.4) is 0 Å². The zero-order valence-electron chi connectivity index (χ0n) is 9.48. The average molecular weight is 288 g/mol. The molecule has 2 aromatic carbocycles. The van der Waals surface area contributed by atoms with Crippen LogP contribution in [0.25, 0.3) is 0 Å². The molecule has 0 saturated carbocycles. The summed E-state index contributed by atoms with van der Waals surface area (Å²) in [5.74, 6) is 0.397. The summed E-state index contributed by atoms with van der Waals surface area (Å²) in [5.41, 5.74) is 0.981. The number of hydrogen-bond donors (Lipinski definition) is 1. The van der Waals surface area contributed by atoms with Gasteiger partial charge in [0.15, 0.2) is 0 Å². The standard InChI is InChI=1S/C13H12O4S.Na.H/c14-18(15,16)13-8-4-7-12(9-13)17-10-11-5-2-1-3-6-11;;/h1-9H,10H2,(H,14,15,16);;. The Morgan fingerprint density at radius 2 is 1.68 bits per heavy atom. The molecular formula is C13H13NaO4S. The summed E-state index contributed by atoms with van der Waals surface area (Å²) >= 11 is 0. The maximum atomic E-state index is 11.0. The van der Waals surface area contributed by atoms with Crippen LogP contribution in [-0.4, -0.2) is 42.5 Å². The molecule has 0 spiro atoms. The van der Waals surface area contributed by atoms with E-state index in [1.165, 1.54) is 18.2 Å². The van der Waals surface area contributed by atoms with Crippen LogP contribution in [-0.2, 0) is 16.7 Å². The van der Waals surface area contributed by atoms with E-state index in [9.17, 15) is 8.42 Å². The van der Waals surface area contributed by atoms with Crippen LogP contribution in [0.5, 0.6) is 5.75 Å². The van der Waals surface area contributed by atoms with Crippen molar-refractivity contribution in [3.05, 3.63) is 60.2 Å². The van der Waals surface area contributed by atoms with Crippen molar-refractivity contribution in [2.45, 2.75) is 11.5 Å². The number of rotatable bonds is 4. The van der Waals surface area contributed by atoms with Gasteiger partial charge in [0.2, 0.25) is 0 Å². The Hall–Kier alpha value is -0.850. The van der Waals surface area contributed by atoms with Gasteiger partial charge in [-0.3, -0.25) is 4.55 Å². The summed E-state index contributed by atoms with van der Waals surface area (Å²) in [5, 5.41) is 0. The first-order valence-electron chi connectivity index (χ1n) is 5.30. The molecule has 4 nitrogen and oxygen atoms in total. The first kappa shape index (κ1) is 16.2. The van der Waals surface area contributed by atoms with Gasteiger partial charge in [-0.05, 0) is 17.7 Å². The summed E-state index contributed by atoms with van der Waals surface area (Å²) in [7, 11) is -4.19. The molecule has 0 radical (unpaired) electrons. The predicted octanol–water partition coefficient (Wildman–Crippen LogP) is 1.86. The van der Waals surface area contributed by atoms with E-state index in [0.717, 1.165) is 5.56 Å². The van der Waals surface area contributed by atoms with Gasteiger partial charge in [0, 0.05) is 6.07 Å². The first-order chi connectivity index (χ1) is 8.55. The minimum atomic E-state index is -4.19. The van der Waals surface area contributed by atoms with Gasteiger partial charge < -0.3 is 4.74 Å². The molecule has 96 valence electrons. The summed E-state index contributed by atoms with van der Waals surface area (Å²) in [6, 6.07) is 15.3. The molecule has 0 atom stereocenters. The second kappa shape index (κ2) is 7.07.